The minimum absolute atomic E-state index is 0.0432. The number of hydrogen-bond acceptors (Lipinski definition) is 2. The van der Waals surface area contributed by atoms with Gasteiger partial charge in [-0.2, -0.15) is 0 Å². The van der Waals surface area contributed by atoms with Crippen molar-refractivity contribution < 1.29 is 9.59 Å². The first kappa shape index (κ1) is 19.7. The van der Waals surface area contributed by atoms with E-state index in [9.17, 15) is 9.59 Å². The smallest absolute Gasteiger partial charge is 0.225 e. The van der Waals surface area contributed by atoms with Gasteiger partial charge in [0.25, 0.3) is 0 Å². The second kappa shape index (κ2) is 8.34. The fourth-order valence-electron chi connectivity index (χ4n) is 3.93. The van der Waals surface area contributed by atoms with E-state index < -0.39 is 0 Å². The van der Waals surface area contributed by atoms with Gasteiger partial charge in [-0.05, 0) is 49.4 Å². The Balaban J connectivity index is 1.58. The zero-order chi connectivity index (χ0) is 19.6. The van der Waals surface area contributed by atoms with Gasteiger partial charge in [0.1, 0.15) is 0 Å². The fourth-order valence-corrected chi connectivity index (χ4v) is 4.10. The first-order chi connectivity index (χ1) is 12.9. The number of amides is 2. The molecule has 1 fully saturated rings. The Morgan fingerprint density at radius 1 is 1.41 bits per heavy atom. The summed E-state index contributed by atoms with van der Waals surface area (Å²) in [5.41, 5.74) is 2.19. The largest absolute Gasteiger partial charge is 0.361 e. The molecule has 2 heterocycles. The van der Waals surface area contributed by atoms with Gasteiger partial charge in [0, 0.05) is 47.7 Å². The second-order valence-electron chi connectivity index (χ2n) is 7.87. The van der Waals surface area contributed by atoms with Gasteiger partial charge in [0.15, 0.2) is 0 Å². The van der Waals surface area contributed by atoms with Crippen LogP contribution in [0.3, 0.4) is 0 Å². The van der Waals surface area contributed by atoms with E-state index in [-0.39, 0.29) is 23.8 Å². The molecule has 2 N–H and O–H groups in total. The zero-order valence-corrected chi connectivity index (χ0v) is 17.0. The number of hydrogen-bond donors (Lipinski definition) is 2. The number of halogens is 1. The number of benzene rings is 1. The second-order valence-corrected chi connectivity index (χ2v) is 8.31. The van der Waals surface area contributed by atoms with Crippen molar-refractivity contribution in [3.05, 3.63) is 35.0 Å². The highest BCUT2D eigenvalue weighted by molar-refractivity contribution is 6.31. The van der Waals surface area contributed by atoms with Gasteiger partial charge < -0.3 is 15.2 Å². The number of rotatable bonds is 6. The molecule has 1 saturated heterocycles. The van der Waals surface area contributed by atoms with Crippen LogP contribution in [0.4, 0.5) is 0 Å². The van der Waals surface area contributed by atoms with E-state index in [1.807, 2.05) is 36.2 Å². The number of H-pyrrole nitrogens is 1. The fraction of sp³-hybridized carbons (Fsp3) is 0.524. The molecule has 146 valence electrons. The average Bonchev–Trinajstić information content (AvgIpc) is 3.00. The van der Waals surface area contributed by atoms with Crippen LogP contribution in [-0.4, -0.2) is 40.8 Å². The number of fused-ring (bicyclic) bond motifs is 1. The van der Waals surface area contributed by atoms with Crippen LogP contribution >= 0.6 is 11.6 Å². The molecule has 27 heavy (non-hydrogen) atoms. The maximum absolute atomic E-state index is 12.7. The molecule has 2 unspecified atom stereocenters. The Bertz CT molecular complexity index is 830. The van der Waals surface area contributed by atoms with Gasteiger partial charge in [-0.1, -0.05) is 25.4 Å². The van der Waals surface area contributed by atoms with Crippen molar-refractivity contribution in [3.8, 4) is 0 Å². The summed E-state index contributed by atoms with van der Waals surface area (Å²) in [7, 11) is 0. The van der Waals surface area contributed by atoms with Crippen molar-refractivity contribution >= 4 is 34.3 Å². The zero-order valence-electron chi connectivity index (χ0n) is 16.2. The van der Waals surface area contributed by atoms with Crippen LogP contribution in [0.5, 0.6) is 0 Å². The van der Waals surface area contributed by atoms with Gasteiger partial charge in [0.05, 0.1) is 5.92 Å². The number of piperidine rings is 1. The Hall–Kier alpha value is -2.01. The minimum atomic E-state index is -0.140. The molecule has 2 atom stereocenters. The van der Waals surface area contributed by atoms with Gasteiger partial charge >= 0.3 is 0 Å². The molecule has 1 aromatic heterocycles. The summed E-state index contributed by atoms with van der Waals surface area (Å²) < 4.78 is 0. The van der Waals surface area contributed by atoms with E-state index in [1.165, 1.54) is 0 Å². The lowest BCUT2D eigenvalue weighted by Gasteiger charge is -2.39. The van der Waals surface area contributed by atoms with E-state index in [0.29, 0.717) is 36.9 Å². The van der Waals surface area contributed by atoms with Crippen molar-refractivity contribution in [1.82, 2.24) is 15.2 Å². The molecular weight excluding hydrogens is 362 g/mol. The van der Waals surface area contributed by atoms with Gasteiger partial charge in [-0.25, -0.2) is 0 Å². The van der Waals surface area contributed by atoms with Crippen LogP contribution in [0.2, 0.25) is 5.02 Å². The van der Waals surface area contributed by atoms with Crippen LogP contribution in [0.25, 0.3) is 10.9 Å². The number of nitrogens with one attached hydrogen (secondary N) is 2. The summed E-state index contributed by atoms with van der Waals surface area (Å²) in [6.07, 6.45) is 3.79. The molecule has 0 bridgehead atoms. The van der Waals surface area contributed by atoms with Gasteiger partial charge in [-0.15, -0.1) is 0 Å². The Morgan fingerprint density at radius 2 is 2.19 bits per heavy atom. The number of carbonyl (C=O) groups excluding carboxylic acids is 2. The third-order valence-corrected chi connectivity index (χ3v) is 5.62. The number of carbonyl (C=O) groups is 2. The molecular formula is C21H28ClN3O2. The van der Waals surface area contributed by atoms with Crippen LogP contribution < -0.4 is 5.32 Å². The van der Waals surface area contributed by atoms with Crippen LogP contribution in [0.15, 0.2) is 24.4 Å². The first-order valence-corrected chi connectivity index (χ1v) is 10.1. The summed E-state index contributed by atoms with van der Waals surface area (Å²) in [5, 5.41) is 4.87. The molecule has 5 nitrogen and oxygen atoms in total. The SMILES string of the molecule is CC(C)CN1C(=O)CCC(C(=O)NCCc2c[nH]c3ccc(Cl)cc23)C1C. The summed E-state index contributed by atoms with van der Waals surface area (Å²) in [5.74, 6) is 0.461. The molecule has 0 spiro atoms. The summed E-state index contributed by atoms with van der Waals surface area (Å²) in [6.45, 7) is 7.46. The normalized spacial score (nSPS) is 20.5. The van der Waals surface area contributed by atoms with Crippen LogP contribution in [-0.2, 0) is 16.0 Å². The topological polar surface area (TPSA) is 65.2 Å². The maximum atomic E-state index is 12.7. The standard InChI is InChI=1S/C21H28ClN3O2/c1-13(2)12-25-14(3)17(5-7-20(25)26)21(27)23-9-8-15-11-24-19-6-4-16(22)10-18(15)19/h4,6,10-11,13-14,17,24H,5,7-9,12H2,1-3H3,(H,23,27). The quantitative estimate of drug-likeness (QED) is 0.789. The lowest BCUT2D eigenvalue weighted by atomic mass is 9.88. The predicted octanol–water partition coefficient (Wildman–Crippen LogP) is 3.76. The van der Waals surface area contributed by atoms with Gasteiger partial charge in [-0.3, -0.25) is 9.59 Å². The van der Waals surface area contributed by atoms with Crippen molar-refractivity contribution in [2.45, 2.75) is 46.1 Å². The van der Waals surface area contributed by atoms with Crippen molar-refractivity contribution in [3.63, 3.8) is 0 Å². The van der Waals surface area contributed by atoms with Crippen LogP contribution in [0.1, 0.15) is 39.2 Å². The summed E-state index contributed by atoms with van der Waals surface area (Å²) >= 11 is 6.10. The van der Waals surface area contributed by atoms with E-state index in [2.05, 4.69) is 24.1 Å². The molecule has 1 aliphatic heterocycles. The Kier molecular flexibility index (Phi) is 6.10. The highest BCUT2D eigenvalue weighted by Crippen LogP contribution is 2.26. The predicted molar refractivity (Wildman–Crippen MR) is 109 cm³/mol. The number of aromatic amines is 1. The van der Waals surface area contributed by atoms with E-state index in [1.54, 1.807) is 0 Å². The first-order valence-electron chi connectivity index (χ1n) is 9.69. The van der Waals surface area contributed by atoms with E-state index >= 15 is 0 Å². The molecule has 0 aliphatic carbocycles. The number of aromatic nitrogens is 1. The molecule has 0 radical (unpaired) electrons. The minimum Gasteiger partial charge on any atom is -0.361 e. The highest BCUT2D eigenvalue weighted by atomic mass is 35.5. The lowest BCUT2D eigenvalue weighted by molar-refractivity contribution is -0.142. The van der Waals surface area contributed by atoms with Gasteiger partial charge in [0.2, 0.25) is 11.8 Å². The maximum Gasteiger partial charge on any atom is 0.225 e. The third kappa shape index (κ3) is 4.46. The molecule has 6 heteroatoms. The molecule has 0 saturated carbocycles. The number of likely N-dealkylation sites (tertiary alicyclic amines) is 1. The van der Waals surface area contributed by atoms with Crippen molar-refractivity contribution in [2.75, 3.05) is 13.1 Å². The van der Waals surface area contributed by atoms with Crippen LogP contribution in [0, 0.1) is 11.8 Å². The molecule has 2 aromatic rings. The Labute approximate surface area is 165 Å². The number of nitrogens with zero attached hydrogens (tertiary/aromatic N) is 1. The lowest BCUT2D eigenvalue weighted by Crippen LogP contribution is -2.52. The molecule has 1 aliphatic rings. The monoisotopic (exact) mass is 389 g/mol. The van der Waals surface area contributed by atoms with E-state index in [0.717, 1.165) is 22.9 Å². The molecule has 3 rings (SSSR count). The average molecular weight is 390 g/mol. The molecule has 1 aromatic carbocycles. The highest BCUT2D eigenvalue weighted by Gasteiger charge is 2.36. The third-order valence-electron chi connectivity index (χ3n) is 5.39. The summed E-state index contributed by atoms with van der Waals surface area (Å²) in [4.78, 5) is 30.0. The van der Waals surface area contributed by atoms with Crippen molar-refractivity contribution in [2.24, 2.45) is 11.8 Å². The summed E-state index contributed by atoms with van der Waals surface area (Å²) in [6, 6.07) is 5.72. The Morgan fingerprint density at radius 3 is 2.93 bits per heavy atom. The molecule has 2 amide bonds. The van der Waals surface area contributed by atoms with E-state index in [4.69, 9.17) is 11.6 Å². The van der Waals surface area contributed by atoms with Crippen molar-refractivity contribution in [1.29, 1.82) is 0 Å².